The second-order valence-corrected chi connectivity index (χ2v) is 9.50. The minimum atomic E-state index is -3.83. The van der Waals surface area contributed by atoms with Crippen molar-refractivity contribution >= 4 is 21.6 Å². The Bertz CT molecular complexity index is 1000. The summed E-state index contributed by atoms with van der Waals surface area (Å²) in [4.78, 5) is 12.8. The number of nitrogens with one attached hydrogen (secondary N) is 2. The third-order valence-electron chi connectivity index (χ3n) is 5.78. The van der Waals surface area contributed by atoms with Crippen molar-refractivity contribution in [1.82, 2.24) is 4.72 Å². The molecule has 0 spiro atoms. The van der Waals surface area contributed by atoms with Crippen LogP contribution in [0.15, 0.2) is 47.4 Å². The number of para-hydroxylation sites is 1. The lowest BCUT2D eigenvalue weighted by Gasteiger charge is -2.29. The first-order valence-electron chi connectivity index (χ1n) is 10.4. The van der Waals surface area contributed by atoms with Crippen LogP contribution < -0.4 is 14.8 Å². The van der Waals surface area contributed by atoms with E-state index in [2.05, 4.69) is 17.0 Å². The monoisotopic (exact) mass is 430 g/mol. The summed E-state index contributed by atoms with van der Waals surface area (Å²) in [7, 11) is -2.41. The maximum absolute atomic E-state index is 13.1. The van der Waals surface area contributed by atoms with Crippen molar-refractivity contribution in [2.45, 2.75) is 56.9 Å². The number of ether oxygens (including phenoxy) is 1. The van der Waals surface area contributed by atoms with Crippen LogP contribution in [0.3, 0.4) is 0 Å². The van der Waals surface area contributed by atoms with Crippen LogP contribution in [0.1, 0.15) is 55.5 Å². The number of aryl methyl sites for hydroxylation is 1. The van der Waals surface area contributed by atoms with Gasteiger partial charge in [-0.2, -0.15) is 0 Å². The Morgan fingerprint density at radius 1 is 1.13 bits per heavy atom. The molecule has 1 aliphatic rings. The summed E-state index contributed by atoms with van der Waals surface area (Å²) in [6.07, 6.45) is 4.73. The van der Waals surface area contributed by atoms with Crippen LogP contribution in [0.5, 0.6) is 5.75 Å². The van der Waals surface area contributed by atoms with Crippen molar-refractivity contribution in [3.63, 3.8) is 0 Å². The number of carbonyl (C=O) groups is 1. The van der Waals surface area contributed by atoms with Gasteiger partial charge >= 0.3 is 0 Å². The number of sulfonamides is 1. The van der Waals surface area contributed by atoms with E-state index in [9.17, 15) is 13.2 Å². The lowest BCUT2D eigenvalue weighted by molar-refractivity contribution is 0.102. The quantitative estimate of drug-likeness (QED) is 0.683. The molecule has 1 fully saturated rings. The molecule has 1 amide bonds. The molecule has 162 valence electrons. The minimum absolute atomic E-state index is 0.0146. The molecule has 0 heterocycles. The van der Waals surface area contributed by atoms with Crippen LogP contribution in [0, 0.1) is 5.92 Å². The summed E-state index contributed by atoms with van der Waals surface area (Å²) in [5.74, 6) is 0.133. The van der Waals surface area contributed by atoms with Crippen molar-refractivity contribution in [2.75, 3.05) is 12.4 Å². The van der Waals surface area contributed by atoms with Crippen LogP contribution in [-0.2, 0) is 16.4 Å². The third-order valence-corrected chi connectivity index (χ3v) is 7.29. The van der Waals surface area contributed by atoms with E-state index in [4.69, 9.17) is 4.74 Å². The summed E-state index contributed by atoms with van der Waals surface area (Å²) in [6, 6.07) is 11.9. The van der Waals surface area contributed by atoms with Crippen molar-refractivity contribution < 1.29 is 17.9 Å². The maximum atomic E-state index is 13.1. The second-order valence-electron chi connectivity index (χ2n) is 7.82. The van der Waals surface area contributed by atoms with Gasteiger partial charge in [-0.05, 0) is 55.0 Å². The van der Waals surface area contributed by atoms with E-state index in [0.717, 1.165) is 43.4 Å². The van der Waals surface area contributed by atoms with Gasteiger partial charge < -0.3 is 10.1 Å². The van der Waals surface area contributed by atoms with E-state index in [1.807, 2.05) is 31.2 Å². The Hall–Kier alpha value is -2.38. The summed E-state index contributed by atoms with van der Waals surface area (Å²) in [6.45, 7) is 4.08. The summed E-state index contributed by atoms with van der Waals surface area (Å²) < 4.78 is 34.4. The van der Waals surface area contributed by atoms with Crippen LogP contribution in [0.25, 0.3) is 0 Å². The van der Waals surface area contributed by atoms with Crippen molar-refractivity contribution in [3.8, 4) is 5.75 Å². The molecule has 2 aromatic rings. The fraction of sp³-hybridized carbons (Fsp3) is 0.435. The Balaban J connectivity index is 1.88. The van der Waals surface area contributed by atoms with Gasteiger partial charge in [0, 0.05) is 17.3 Å². The molecule has 7 heteroatoms. The molecule has 30 heavy (non-hydrogen) atoms. The molecule has 6 nitrogen and oxygen atoms in total. The fourth-order valence-electron chi connectivity index (χ4n) is 3.93. The van der Waals surface area contributed by atoms with Crippen LogP contribution in [0.4, 0.5) is 5.69 Å². The van der Waals surface area contributed by atoms with Gasteiger partial charge in [-0.15, -0.1) is 0 Å². The normalized spacial score (nSPS) is 19.3. The molecule has 0 bridgehead atoms. The first-order chi connectivity index (χ1) is 14.4. The summed E-state index contributed by atoms with van der Waals surface area (Å²) in [5, 5.41) is 2.89. The fourth-order valence-corrected chi connectivity index (χ4v) is 5.50. The number of anilines is 1. The van der Waals surface area contributed by atoms with Gasteiger partial charge in [0.2, 0.25) is 10.0 Å². The third kappa shape index (κ3) is 5.02. The van der Waals surface area contributed by atoms with Gasteiger partial charge in [0.1, 0.15) is 10.6 Å². The molecule has 0 aliphatic heterocycles. The number of carbonyl (C=O) groups excluding carboxylic acids is 1. The van der Waals surface area contributed by atoms with Crippen molar-refractivity contribution in [3.05, 3.63) is 53.6 Å². The van der Waals surface area contributed by atoms with Gasteiger partial charge in [-0.25, -0.2) is 13.1 Å². The van der Waals surface area contributed by atoms with Gasteiger partial charge in [-0.3, -0.25) is 4.79 Å². The minimum Gasteiger partial charge on any atom is -0.495 e. The highest BCUT2D eigenvalue weighted by Gasteiger charge is 2.29. The van der Waals surface area contributed by atoms with Gasteiger partial charge in [0.25, 0.3) is 5.91 Å². The van der Waals surface area contributed by atoms with E-state index in [-0.39, 0.29) is 34.1 Å². The molecule has 2 aromatic carbocycles. The maximum Gasteiger partial charge on any atom is 0.255 e. The predicted molar refractivity (Wildman–Crippen MR) is 119 cm³/mol. The average molecular weight is 431 g/mol. The number of hydrogen-bond acceptors (Lipinski definition) is 4. The summed E-state index contributed by atoms with van der Waals surface area (Å²) >= 11 is 0. The summed E-state index contributed by atoms with van der Waals surface area (Å²) in [5.41, 5.74) is 2.00. The molecule has 2 N–H and O–H groups in total. The zero-order chi connectivity index (χ0) is 21.7. The zero-order valence-corrected chi connectivity index (χ0v) is 18.6. The number of rotatable bonds is 7. The lowest BCUT2D eigenvalue weighted by atomic mass is 9.87. The molecule has 2 unspecified atom stereocenters. The van der Waals surface area contributed by atoms with E-state index >= 15 is 0 Å². The highest BCUT2D eigenvalue weighted by Crippen LogP contribution is 2.29. The number of hydrogen-bond donors (Lipinski definition) is 2. The van der Waals surface area contributed by atoms with E-state index in [0.29, 0.717) is 0 Å². The number of amides is 1. The Labute approximate surface area is 179 Å². The lowest BCUT2D eigenvalue weighted by Crippen LogP contribution is -2.41. The van der Waals surface area contributed by atoms with Gasteiger partial charge in [0.15, 0.2) is 0 Å². The van der Waals surface area contributed by atoms with E-state index in [1.54, 1.807) is 6.07 Å². The highest BCUT2D eigenvalue weighted by molar-refractivity contribution is 7.89. The Morgan fingerprint density at radius 2 is 1.87 bits per heavy atom. The van der Waals surface area contributed by atoms with Crippen LogP contribution in [-0.4, -0.2) is 27.5 Å². The molecule has 3 rings (SSSR count). The molecule has 2 atom stereocenters. The van der Waals surface area contributed by atoms with E-state index < -0.39 is 10.0 Å². The number of benzene rings is 2. The molecular formula is C23H30N2O4S. The van der Waals surface area contributed by atoms with Gasteiger partial charge in [-0.1, -0.05) is 44.9 Å². The highest BCUT2D eigenvalue weighted by atomic mass is 32.2. The first-order valence-corrected chi connectivity index (χ1v) is 11.9. The van der Waals surface area contributed by atoms with Gasteiger partial charge in [0.05, 0.1) is 7.11 Å². The van der Waals surface area contributed by atoms with Crippen LogP contribution in [0.2, 0.25) is 0 Å². The first kappa shape index (κ1) is 22.3. The molecule has 0 aromatic heterocycles. The smallest absolute Gasteiger partial charge is 0.255 e. The Kier molecular flexibility index (Phi) is 7.15. The van der Waals surface area contributed by atoms with Crippen molar-refractivity contribution in [2.24, 2.45) is 5.92 Å². The topological polar surface area (TPSA) is 84.5 Å². The largest absolute Gasteiger partial charge is 0.495 e. The van der Waals surface area contributed by atoms with Crippen LogP contribution >= 0.6 is 0 Å². The molecule has 0 radical (unpaired) electrons. The molecule has 1 saturated carbocycles. The zero-order valence-electron chi connectivity index (χ0n) is 17.8. The van der Waals surface area contributed by atoms with Crippen molar-refractivity contribution in [1.29, 1.82) is 0 Å². The SMILES string of the molecule is CCc1ccccc1NC(=O)c1ccc(OC)c(S(=O)(=O)NC2CCCCC2C)c1. The standard InChI is InChI=1S/C23H30N2O4S/c1-4-17-10-6-8-12-20(17)24-23(26)18-13-14-21(29-3)22(15-18)30(27,28)25-19-11-7-5-9-16(19)2/h6,8,10,12-16,19,25H,4-5,7,9,11H2,1-3H3,(H,24,26). The molecular weight excluding hydrogens is 400 g/mol. The Morgan fingerprint density at radius 3 is 2.57 bits per heavy atom. The average Bonchev–Trinajstić information content (AvgIpc) is 2.75. The van der Waals surface area contributed by atoms with E-state index in [1.165, 1.54) is 19.2 Å². The predicted octanol–water partition coefficient (Wildman–Crippen LogP) is 4.37. The second kappa shape index (κ2) is 9.62. The molecule has 0 saturated heterocycles. The number of methoxy groups -OCH3 is 1. The molecule has 1 aliphatic carbocycles.